The van der Waals surface area contributed by atoms with Crippen molar-refractivity contribution in [2.45, 2.75) is 78.4 Å². The van der Waals surface area contributed by atoms with Crippen LogP contribution >= 0.6 is 0 Å². The maximum Gasteiger partial charge on any atom is 0.182 e. The Kier molecular flexibility index (Phi) is 6.71. The summed E-state index contributed by atoms with van der Waals surface area (Å²) in [5, 5.41) is 23.5. The van der Waals surface area contributed by atoms with Crippen LogP contribution in [0.15, 0.2) is 24.3 Å². The van der Waals surface area contributed by atoms with Gasteiger partial charge in [0, 0.05) is 49.8 Å². The topological polar surface area (TPSA) is 95.2 Å². The Labute approximate surface area is 207 Å². The van der Waals surface area contributed by atoms with Crippen LogP contribution in [-0.4, -0.2) is 49.5 Å². The van der Waals surface area contributed by atoms with Crippen LogP contribution in [0.4, 0.5) is 11.6 Å². The second-order valence-corrected chi connectivity index (χ2v) is 9.54. The van der Waals surface area contributed by atoms with Gasteiger partial charge in [-0.2, -0.15) is 0 Å². The summed E-state index contributed by atoms with van der Waals surface area (Å²) < 4.78 is 2.15. The van der Waals surface area contributed by atoms with Crippen molar-refractivity contribution < 1.29 is 5.11 Å². The molecule has 9 nitrogen and oxygen atoms in total. The highest BCUT2D eigenvalue weighted by Gasteiger charge is 2.34. The lowest BCUT2D eigenvalue weighted by molar-refractivity contribution is 0.181. The van der Waals surface area contributed by atoms with Gasteiger partial charge in [0.05, 0.1) is 5.69 Å². The molecule has 1 saturated heterocycles. The minimum Gasteiger partial charge on any atom is -0.369 e. The van der Waals surface area contributed by atoms with Crippen LogP contribution in [0.5, 0.6) is 0 Å². The molecule has 35 heavy (non-hydrogen) atoms. The average Bonchev–Trinajstić information content (AvgIpc) is 3.57. The van der Waals surface area contributed by atoms with Gasteiger partial charge in [-0.05, 0) is 51.4 Å². The van der Waals surface area contributed by atoms with Crippen LogP contribution in [0.1, 0.15) is 68.9 Å². The first kappa shape index (κ1) is 23.7. The summed E-state index contributed by atoms with van der Waals surface area (Å²) in [4.78, 5) is 14.3. The number of pyridine rings is 2. The molecule has 9 heteroatoms. The first-order valence-corrected chi connectivity index (χ1v) is 12.8. The summed E-state index contributed by atoms with van der Waals surface area (Å²) in [6.07, 6.45) is 3.40. The third-order valence-electron chi connectivity index (χ3n) is 7.17. The molecule has 0 saturated carbocycles. The molecule has 1 unspecified atom stereocenters. The van der Waals surface area contributed by atoms with Crippen molar-refractivity contribution in [1.29, 1.82) is 0 Å². The monoisotopic (exact) mass is 476 g/mol. The Bertz CT molecular complexity index is 1190. The van der Waals surface area contributed by atoms with E-state index in [2.05, 4.69) is 51.8 Å². The van der Waals surface area contributed by atoms with Gasteiger partial charge in [-0.15, -0.1) is 10.2 Å². The lowest BCUT2D eigenvalue weighted by Gasteiger charge is -2.25. The van der Waals surface area contributed by atoms with E-state index in [0.29, 0.717) is 19.1 Å². The third-order valence-corrected chi connectivity index (χ3v) is 7.17. The van der Waals surface area contributed by atoms with Crippen molar-refractivity contribution in [3.63, 3.8) is 0 Å². The van der Waals surface area contributed by atoms with Gasteiger partial charge in [-0.25, -0.2) is 9.97 Å². The summed E-state index contributed by atoms with van der Waals surface area (Å²) in [6.45, 7) is 9.58. The van der Waals surface area contributed by atoms with E-state index >= 15 is 0 Å². The number of hydrogen-bond donors (Lipinski definition) is 2. The molecule has 186 valence electrons. The Balaban J connectivity index is 1.50. The zero-order chi connectivity index (χ0) is 24.5. The quantitative estimate of drug-likeness (QED) is 0.511. The molecule has 5 heterocycles. The van der Waals surface area contributed by atoms with E-state index in [9.17, 15) is 5.11 Å². The van der Waals surface area contributed by atoms with E-state index in [1.807, 2.05) is 30.1 Å². The fourth-order valence-corrected chi connectivity index (χ4v) is 5.36. The number of nitrogens with one attached hydrogen (secondary N) is 1. The highest BCUT2D eigenvalue weighted by Crippen LogP contribution is 2.39. The molecule has 2 aliphatic heterocycles. The molecule has 2 N–H and O–H groups in total. The fourth-order valence-electron chi connectivity index (χ4n) is 5.36. The number of fused-ring (bicyclic) bond motifs is 1. The average molecular weight is 477 g/mol. The molecule has 3 aromatic heterocycles. The fraction of sp³-hybridized carbons (Fsp3) is 0.538. The predicted octanol–water partition coefficient (Wildman–Crippen LogP) is 3.43. The molecule has 1 fully saturated rings. The van der Waals surface area contributed by atoms with E-state index in [0.717, 1.165) is 71.7 Å². The number of rotatable bonds is 8. The number of aliphatic hydroxyl groups excluding tert-OH is 1. The summed E-state index contributed by atoms with van der Waals surface area (Å²) in [5.41, 5.74) is 3.77. The summed E-state index contributed by atoms with van der Waals surface area (Å²) in [7, 11) is 1.93. The molecule has 3 aromatic rings. The van der Waals surface area contributed by atoms with E-state index in [1.54, 1.807) is 0 Å². The largest absolute Gasteiger partial charge is 0.369 e. The van der Waals surface area contributed by atoms with Crippen LogP contribution in [0.2, 0.25) is 0 Å². The number of aromatic nitrogens is 5. The second-order valence-electron chi connectivity index (χ2n) is 9.54. The summed E-state index contributed by atoms with van der Waals surface area (Å²) in [6, 6.07) is 8.44. The molecule has 0 radical (unpaired) electrons. The number of nitrogens with zero attached hydrogens (tertiary/aromatic N) is 7. The van der Waals surface area contributed by atoms with Crippen molar-refractivity contribution in [2.24, 2.45) is 0 Å². The highest BCUT2D eigenvalue weighted by molar-refractivity contribution is 5.59. The van der Waals surface area contributed by atoms with Gasteiger partial charge in [0.25, 0.3) is 0 Å². The predicted molar refractivity (Wildman–Crippen MR) is 137 cm³/mol. The molecule has 5 rings (SSSR count). The SMILES string of the molecule is CCCn1c(CC)nnc1-c1cccc(N2Cc3c(cc(N4CCC[C@H]4C)nc3CNC)C2O)n1. The van der Waals surface area contributed by atoms with Gasteiger partial charge >= 0.3 is 0 Å². The van der Waals surface area contributed by atoms with Crippen LogP contribution in [0.25, 0.3) is 11.5 Å². The summed E-state index contributed by atoms with van der Waals surface area (Å²) in [5.74, 6) is 3.43. The maximum absolute atomic E-state index is 11.4. The van der Waals surface area contributed by atoms with Gasteiger partial charge in [0.15, 0.2) is 12.1 Å². The molecule has 2 atom stereocenters. The van der Waals surface area contributed by atoms with Crippen molar-refractivity contribution in [3.8, 4) is 11.5 Å². The van der Waals surface area contributed by atoms with Gasteiger partial charge in [0.2, 0.25) is 0 Å². The molecule has 0 bridgehead atoms. The van der Waals surface area contributed by atoms with Gasteiger partial charge in [-0.1, -0.05) is 19.9 Å². The molecular weight excluding hydrogens is 440 g/mol. The highest BCUT2D eigenvalue weighted by atomic mass is 16.3. The Morgan fingerprint density at radius 3 is 2.69 bits per heavy atom. The zero-order valence-corrected chi connectivity index (χ0v) is 21.2. The smallest absolute Gasteiger partial charge is 0.182 e. The standard InChI is InChI=1S/C26H36N8O/c1-5-12-33-22(6-2)30-31-25(33)20-10-7-11-23(28-20)34-16-19-18(26(34)35)14-24(29-21(19)15-27-4)32-13-8-9-17(32)3/h7,10-11,14,17,26-27,35H,5-6,8-9,12-13,15-16H2,1-4H3/t17-,26?/m1/s1. The lowest BCUT2D eigenvalue weighted by Crippen LogP contribution is -2.28. The first-order chi connectivity index (χ1) is 17.0. The number of aliphatic hydroxyl groups is 1. The molecular formula is C26H36N8O. The van der Waals surface area contributed by atoms with E-state index < -0.39 is 6.23 Å². The van der Waals surface area contributed by atoms with Crippen LogP contribution in [-0.2, 0) is 26.1 Å². The van der Waals surface area contributed by atoms with Crippen LogP contribution in [0.3, 0.4) is 0 Å². The minimum atomic E-state index is -0.775. The third kappa shape index (κ3) is 4.27. The van der Waals surface area contributed by atoms with Crippen molar-refractivity contribution in [1.82, 2.24) is 30.0 Å². The molecule has 2 aliphatic rings. The zero-order valence-electron chi connectivity index (χ0n) is 21.2. The van der Waals surface area contributed by atoms with E-state index in [1.165, 1.54) is 12.8 Å². The molecule has 0 spiro atoms. The van der Waals surface area contributed by atoms with Crippen LogP contribution in [0, 0.1) is 0 Å². The summed E-state index contributed by atoms with van der Waals surface area (Å²) >= 11 is 0. The van der Waals surface area contributed by atoms with Crippen molar-refractivity contribution in [2.75, 3.05) is 23.4 Å². The minimum absolute atomic E-state index is 0.462. The van der Waals surface area contributed by atoms with E-state index in [4.69, 9.17) is 9.97 Å². The Morgan fingerprint density at radius 2 is 1.97 bits per heavy atom. The lowest BCUT2D eigenvalue weighted by atomic mass is 10.1. The number of anilines is 2. The van der Waals surface area contributed by atoms with Gasteiger partial charge in [0.1, 0.15) is 23.2 Å². The Morgan fingerprint density at radius 1 is 1.11 bits per heavy atom. The van der Waals surface area contributed by atoms with Gasteiger partial charge in [-0.3, -0.25) is 0 Å². The number of hydrogen-bond acceptors (Lipinski definition) is 8. The van der Waals surface area contributed by atoms with Crippen LogP contribution < -0.4 is 15.1 Å². The normalized spacial score (nSPS) is 19.6. The molecule has 0 aromatic carbocycles. The van der Waals surface area contributed by atoms with Crippen molar-refractivity contribution in [3.05, 3.63) is 46.9 Å². The van der Waals surface area contributed by atoms with Gasteiger partial charge < -0.3 is 24.8 Å². The first-order valence-electron chi connectivity index (χ1n) is 12.8. The Hall–Kier alpha value is -3.04. The maximum atomic E-state index is 11.4. The molecule has 0 amide bonds. The van der Waals surface area contributed by atoms with Crippen molar-refractivity contribution >= 4 is 11.6 Å². The second kappa shape index (κ2) is 9.91. The molecule has 0 aliphatic carbocycles. The van der Waals surface area contributed by atoms with E-state index in [-0.39, 0.29) is 0 Å². The number of aryl methyl sites for hydroxylation is 1.